The molecule has 28 heavy (non-hydrogen) atoms. The number of hydrogen-bond donors (Lipinski definition) is 3. The van der Waals surface area contributed by atoms with E-state index in [1.165, 1.54) is 43.3 Å². The number of nitrogens with one attached hydrogen (secondary N) is 1. The number of halogens is 2. The minimum Gasteiger partial charge on any atom is -0.504 e. The van der Waals surface area contributed by atoms with Crippen LogP contribution in [0.5, 0.6) is 5.75 Å². The van der Waals surface area contributed by atoms with Gasteiger partial charge in [0.05, 0.1) is 12.7 Å². The third-order valence-corrected chi connectivity index (χ3v) is 4.32. The Morgan fingerprint density at radius 2 is 1.89 bits per heavy atom. The van der Waals surface area contributed by atoms with E-state index < -0.39 is 28.9 Å². The first-order valence-electron chi connectivity index (χ1n) is 8.49. The Hall–Kier alpha value is -3.26. The molecule has 0 bridgehead atoms. The zero-order chi connectivity index (χ0) is 20.5. The highest BCUT2D eigenvalue weighted by Gasteiger charge is 2.26. The van der Waals surface area contributed by atoms with Gasteiger partial charge in [0, 0.05) is 0 Å². The molecule has 0 unspecified atom stereocenters. The molecule has 6 nitrogen and oxygen atoms in total. The Morgan fingerprint density at radius 3 is 2.57 bits per heavy atom. The van der Waals surface area contributed by atoms with Gasteiger partial charge in [-0.15, -0.1) is 0 Å². The smallest absolute Gasteiger partial charge is 0.275 e. The minimum atomic E-state index is -1.47. The van der Waals surface area contributed by atoms with Gasteiger partial charge in [0.2, 0.25) is 0 Å². The second-order valence-corrected chi connectivity index (χ2v) is 6.73. The highest BCUT2D eigenvalue weighted by atomic mass is 19.1. The predicted octanol–water partition coefficient (Wildman–Crippen LogP) is 2.80. The van der Waals surface area contributed by atoms with E-state index in [4.69, 9.17) is 0 Å². The van der Waals surface area contributed by atoms with Gasteiger partial charge in [-0.05, 0) is 49.2 Å². The molecule has 0 aliphatic rings. The van der Waals surface area contributed by atoms with E-state index in [0.717, 1.165) is 16.4 Å². The lowest BCUT2D eigenvalue weighted by Crippen LogP contribution is -2.38. The molecule has 3 aromatic rings. The lowest BCUT2D eigenvalue weighted by atomic mass is 9.96. The number of hydrogen-bond acceptors (Lipinski definition) is 4. The van der Waals surface area contributed by atoms with Crippen molar-refractivity contribution in [3.63, 3.8) is 0 Å². The van der Waals surface area contributed by atoms with E-state index in [2.05, 4.69) is 10.4 Å². The first-order valence-corrected chi connectivity index (χ1v) is 8.49. The Bertz CT molecular complexity index is 1010. The fraction of sp³-hybridized carbons (Fsp3) is 0.200. The van der Waals surface area contributed by atoms with Gasteiger partial charge in [-0.3, -0.25) is 4.79 Å². The van der Waals surface area contributed by atoms with Gasteiger partial charge in [0.25, 0.3) is 5.91 Å². The lowest BCUT2D eigenvalue weighted by Gasteiger charge is -2.24. The summed E-state index contributed by atoms with van der Waals surface area (Å²) in [6, 6.07) is 9.62. The van der Waals surface area contributed by atoms with Crippen LogP contribution in [0.2, 0.25) is 0 Å². The molecule has 0 saturated heterocycles. The number of carbonyl (C=O) groups excluding carboxylic acids is 1. The lowest BCUT2D eigenvalue weighted by molar-refractivity contribution is 0.0523. The topological polar surface area (TPSA) is 87.4 Å². The molecule has 0 spiro atoms. The van der Waals surface area contributed by atoms with Crippen LogP contribution >= 0.6 is 0 Å². The molecule has 146 valence electrons. The molecule has 1 amide bonds. The molecule has 0 aliphatic carbocycles. The van der Waals surface area contributed by atoms with Crippen LogP contribution in [-0.4, -0.2) is 32.4 Å². The summed E-state index contributed by atoms with van der Waals surface area (Å²) < 4.78 is 28.1. The van der Waals surface area contributed by atoms with E-state index in [0.29, 0.717) is 5.56 Å². The average Bonchev–Trinajstić information content (AvgIpc) is 3.04. The van der Waals surface area contributed by atoms with Crippen molar-refractivity contribution in [2.24, 2.45) is 0 Å². The molecule has 8 heteroatoms. The summed E-state index contributed by atoms with van der Waals surface area (Å²) >= 11 is 0. The number of amides is 1. The molecule has 0 aliphatic heterocycles. The molecule has 0 radical (unpaired) electrons. The van der Waals surface area contributed by atoms with Crippen LogP contribution in [0.1, 0.15) is 28.5 Å². The van der Waals surface area contributed by atoms with Gasteiger partial charge in [-0.2, -0.15) is 5.10 Å². The van der Waals surface area contributed by atoms with Crippen LogP contribution in [0, 0.1) is 18.6 Å². The van der Waals surface area contributed by atoms with Crippen LogP contribution in [0.3, 0.4) is 0 Å². The Morgan fingerprint density at radius 1 is 1.21 bits per heavy atom. The van der Waals surface area contributed by atoms with Crippen molar-refractivity contribution >= 4 is 5.91 Å². The molecule has 3 N–H and O–H groups in total. The highest BCUT2D eigenvalue weighted by molar-refractivity contribution is 5.94. The van der Waals surface area contributed by atoms with Crippen molar-refractivity contribution in [2.45, 2.75) is 19.4 Å². The maximum Gasteiger partial charge on any atom is 0.275 e. The van der Waals surface area contributed by atoms with Gasteiger partial charge >= 0.3 is 0 Å². The summed E-state index contributed by atoms with van der Waals surface area (Å²) in [5.41, 5.74) is -0.494. The summed E-state index contributed by atoms with van der Waals surface area (Å²) in [6.45, 7) is 3.03. The molecule has 1 aromatic heterocycles. The molecule has 0 fully saturated rings. The van der Waals surface area contributed by atoms with Crippen LogP contribution in [0.15, 0.2) is 48.7 Å². The maximum atomic E-state index is 14.0. The maximum absolute atomic E-state index is 14.0. The predicted molar refractivity (Wildman–Crippen MR) is 98.2 cm³/mol. The number of nitrogens with zero attached hydrogens (tertiary/aromatic N) is 2. The molecule has 2 aromatic carbocycles. The highest BCUT2D eigenvalue weighted by Crippen LogP contribution is 2.23. The molecular formula is C20H19F2N3O3. The number of carbonyl (C=O) groups is 1. The number of aryl methyl sites for hydroxylation is 1. The van der Waals surface area contributed by atoms with Gasteiger partial charge in [0.15, 0.2) is 11.4 Å². The first-order chi connectivity index (χ1) is 13.2. The Kier molecular flexibility index (Phi) is 5.15. The second kappa shape index (κ2) is 7.40. The van der Waals surface area contributed by atoms with Crippen LogP contribution in [-0.2, 0) is 5.60 Å². The average molecular weight is 387 g/mol. The van der Waals surface area contributed by atoms with Crippen molar-refractivity contribution in [3.8, 4) is 11.4 Å². The Balaban J connectivity index is 1.77. The van der Waals surface area contributed by atoms with E-state index in [9.17, 15) is 23.8 Å². The molecule has 1 atom stereocenters. The van der Waals surface area contributed by atoms with E-state index in [1.807, 2.05) is 0 Å². The van der Waals surface area contributed by atoms with Crippen molar-refractivity contribution < 1.29 is 23.8 Å². The molecule has 1 heterocycles. The first kappa shape index (κ1) is 19.5. The standard InChI is InChI=1S/C20H19F2N3O3/c1-12-3-8-15(22)16(9-12)25-10-17(26)18(24-25)19(27)23-11-20(2,28)13-4-6-14(21)7-5-13/h3-10,26,28H,11H2,1-2H3,(H,23,27)/t20-/m0/s1. The summed E-state index contributed by atoms with van der Waals surface area (Å²) in [6.07, 6.45) is 1.13. The van der Waals surface area contributed by atoms with Crippen LogP contribution < -0.4 is 5.32 Å². The SMILES string of the molecule is Cc1ccc(F)c(-n2cc(O)c(C(=O)NC[C@](C)(O)c3ccc(F)cc3)n2)c1. The summed E-state index contributed by atoms with van der Waals surface area (Å²) in [5, 5.41) is 27.0. The van der Waals surface area contributed by atoms with Crippen LogP contribution in [0.4, 0.5) is 8.78 Å². The normalized spacial score (nSPS) is 13.2. The number of aromatic hydroxyl groups is 1. The minimum absolute atomic E-state index is 0.0904. The van der Waals surface area contributed by atoms with Gasteiger partial charge < -0.3 is 15.5 Å². The fourth-order valence-corrected chi connectivity index (χ4v) is 2.70. The van der Waals surface area contributed by atoms with Gasteiger partial charge in [-0.1, -0.05) is 18.2 Å². The molecular weight excluding hydrogens is 368 g/mol. The van der Waals surface area contributed by atoms with E-state index >= 15 is 0 Å². The largest absolute Gasteiger partial charge is 0.504 e. The zero-order valence-corrected chi connectivity index (χ0v) is 15.3. The van der Waals surface area contributed by atoms with E-state index in [-0.39, 0.29) is 17.9 Å². The number of rotatable bonds is 5. The monoisotopic (exact) mass is 387 g/mol. The number of aromatic nitrogens is 2. The Labute approximate surface area is 160 Å². The molecule has 0 saturated carbocycles. The van der Waals surface area contributed by atoms with Crippen molar-refractivity contribution in [3.05, 3.63) is 77.1 Å². The quantitative estimate of drug-likeness (QED) is 0.628. The van der Waals surface area contributed by atoms with Crippen molar-refractivity contribution in [2.75, 3.05) is 6.54 Å². The summed E-state index contributed by atoms with van der Waals surface area (Å²) in [4.78, 5) is 12.4. The van der Waals surface area contributed by atoms with Crippen molar-refractivity contribution in [1.29, 1.82) is 0 Å². The molecule has 3 rings (SSSR count). The zero-order valence-electron chi connectivity index (χ0n) is 15.3. The number of aliphatic hydroxyl groups is 1. The van der Waals surface area contributed by atoms with Gasteiger partial charge in [-0.25, -0.2) is 13.5 Å². The van der Waals surface area contributed by atoms with Crippen LogP contribution in [0.25, 0.3) is 5.69 Å². The van der Waals surface area contributed by atoms with Gasteiger partial charge in [0.1, 0.15) is 22.9 Å². The third-order valence-electron chi connectivity index (χ3n) is 4.32. The third kappa shape index (κ3) is 4.01. The van der Waals surface area contributed by atoms with Crippen molar-refractivity contribution in [1.82, 2.24) is 15.1 Å². The van der Waals surface area contributed by atoms with E-state index in [1.54, 1.807) is 13.0 Å². The fourth-order valence-electron chi connectivity index (χ4n) is 2.70. The second-order valence-electron chi connectivity index (χ2n) is 6.73. The summed E-state index contributed by atoms with van der Waals surface area (Å²) in [7, 11) is 0. The number of benzene rings is 2. The summed E-state index contributed by atoms with van der Waals surface area (Å²) in [5.74, 6) is -2.17.